The van der Waals surface area contributed by atoms with Crippen molar-refractivity contribution in [2.45, 2.75) is 13.2 Å². The molecule has 0 saturated carbocycles. The molecule has 0 saturated heterocycles. The van der Waals surface area contributed by atoms with Gasteiger partial charge in [0.2, 0.25) is 0 Å². The molecule has 16 heavy (non-hydrogen) atoms. The van der Waals surface area contributed by atoms with Crippen LogP contribution in [0.4, 0.5) is 0 Å². The average Bonchev–Trinajstić information content (AvgIpc) is 2.35. The molecule has 0 heterocycles. The third-order valence-electron chi connectivity index (χ3n) is 2.10. The highest BCUT2D eigenvalue weighted by Gasteiger charge is 1.99. The summed E-state index contributed by atoms with van der Waals surface area (Å²) in [5.74, 6) is 1.62. The maximum Gasteiger partial charge on any atom is 0.154 e. The fourth-order valence-electron chi connectivity index (χ4n) is 1.11. The first-order chi connectivity index (χ1) is 7.76. The third kappa shape index (κ3) is 4.51. The molecule has 0 aromatic heterocycles. The number of ether oxygens (including phenoxy) is 4. The van der Waals surface area contributed by atoms with Crippen LogP contribution in [0.15, 0.2) is 24.3 Å². The molecule has 1 aromatic rings. The molecule has 1 atom stereocenters. The standard InChI is InChI=1S/C12H18O4/c1-10(13-2)15-8-9-16-12-6-4-11(14-3)5-7-12/h4-7,10H,8-9H2,1-3H3. The lowest BCUT2D eigenvalue weighted by molar-refractivity contribution is -0.115. The van der Waals surface area contributed by atoms with Crippen LogP contribution in [-0.4, -0.2) is 33.7 Å². The lowest BCUT2D eigenvalue weighted by atomic mass is 10.3. The van der Waals surface area contributed by atoms with Gasteiger partial charge in [-0.05, 0) is 31.2 Å². The minimum absolute atomic E-state index is 0.195. The largest absolute Gasteiger partial charge is 0.497 e. The van der Waals surface area contributed by atoms with Crippen LogP contribution in [0.2, 0.25) is 0 Å². The van der Waals surface area contributed by atoms with Crippen LogP contribution < -0.4 is 9.47 Å². The van der Waals surface area contributed by atoms with Crippen molar-refractivity contribution in [2.75, 3.05) is 27.4 Å². The van der Waals surface area contributed by atoms with Gasteiger partial charge < -0.3 is 18.9 Å². The van der Waals surface area contributed by atoms with Crippen molar-refractivity contribution < 1.29 is 18.9 Å². The highest BCUT2D eigenvalue weighted by molar-refractivity contribution is 5.31. The van der Waals surface area contributed by atoms with Crippen LogP contribution in [-0.2, 0) is 9.47 Å². The molecule has 0 bridgehead atoms. The van der Waals surface area contributed by atoms with Gasteiger partial charge in [0.1, 0.15) is 18.1 Å². The molecule has 1 aromatic carbocycles. The lowest BCUT2D eigenvalue weighted by Gasteiger charge is -2.11. The molecule has 1 rings (SSSR count). The maximum absolute atomic E-state index is 5.46. The quantitative estimate of drug-likeness (QED) is 0.527. The second kappa shape index (κ2) is 7.09. The second-order valence-corrected chi connectivity index (χ2v) is 3.20. The summed E-state index contributed by atoms with van der Waals surface area (Å²) < 4.78 is 20.7. The molecule has 4 nitrogen and oxygen atoms in total. The minimum atomic E-state index is -0.195. The summed E-state index contributed by atoms with van der Waals surface area (Å²) in [7, 11) is 3.24. The fraction of sp³-hybridized carbons (Fsp3) is 0.500. The number of benzene rings is 1. The Labute approximate surface area is 96.1 Å². The monoisotopic (exact) mass is 226 g/mol. The van der Waals surface area contributed by atoms with Gasteiger partial charge in [-0.1, -0.05) is 0 Å². The van der Waals surface area contributed by atoms with E-state index >= 15 is 0 Å². The molecule has 0 aliphatic carbocycles. The van der Waals surface area contributed by atoms with Gasteiger partial charge in [-0.25, -0.2) is 0 Å². The highest BCUT2D eigenvalue weighted by Crippen LogP contribution is 2.16. The van der Waals surface area contributed by atoms with E-state index in [0.29, 0.717) is 13.2 Å². The Morgan fingerprint density at radius 1 is 1.00 bits per heavy atom. The van der Waals surface area contributed by atoms with E-state index in [-0.39, 0.29) is 6.29 Å². The van der Waals surface area contributed by atoms with Gasteiger partial charge in [0.25, 0.3) is 0 Å². The number of methoxy groups -OCH3 is 2. The SMILES string of the molecule is COc1ccc(OCCOC(C)OC)cc1. The zero-order valence-corrected chi connectivity index (χ0v) is 9.93. The maximum atomic E-state index is 5.46. The van der Waals surface area contributed by atoms with Crippen molar-refractivity contribution in [3.8, 4) is 11.5 Å². The first kappa shape index (κ1) is 12.8. The van der Waals surface area contributed by atoms with Gasteiger partial charge in [0, 0.05) is 7.11 Å². The number of hydrogen-bond acceptors (Lipinski definition) is 4. The van der Waals surface area contributed by atoms with Crippen LogP contribution in [0.1, 0.15) is 6.92 Å². The van der Waals surface area contributed by atoms with Gasteiger partial charge >= 0.3 is 0 Å². The average molecular weight is 226 g/mol. The van der Waals surface area contributed by atoms with Gasteiger partial charge in [-0.15, -0.1) is 0 Å². The molecule has 4 heteroatoms. The van der Waals surface area contributed by atoms with Crippen molar-refractivity contribution in [2.24, 2.45) is 0 Å². The predicted molar refractivity (Wildman–Crippen MR) is 60.9 cm³/mol. The van der Waals surface area contributed by atoms with Crippen molar-refractivity contribution in [3.63, 3.8) is 0 Å². The van der Waals surface area contributed by atoms with E-state index in [2.05, 4.69) is 0 Å². The molecule has 0 N–H and O–H groups in total. The Bertz CT molecular complexity index is 284. The second-order valence-electron chi connectivity index (χ2n) is 3.20. The topological polar surface area (TPSA) is 36.9 Å². The first-order valence-electron chi connectivity index (χ1n) is 5.17. The molecular formula is C12H18O4. The predicted octanol–water partition coefficient (Wildman–Crippen LogP) is 2.08. The van der Waals surface area contributed by atoms with Gasteiger partial charge in [0.05, 0.1) is 13.7 Å². The molecule has 0 aliphatic rings. The zero-order valence-electron chi connectivity index (χ0n) is 9.93. The van der Waals surface area contributed by atoms with Gasteiger partial charge in [-0.3, -0.25) is 0 Å². The van der Waals surface area contributed by atoms with E-state index in [4.69, 9.17) is 18.9 Å². The summed E-state index contributed by atoms with van der Waals surface area (Å²) in [5.41, 5.74) is 0. The molecule has 0 aliphatic heterocycles. The number of rotatable bonds is 7. The van der Waals surface area contributed by atoms with E-state index in [1.807, 2.05) is 31.2 Å². The van der Waals surface area contributed by atoms with Crippen molar-refractivity contribution in [1.82, 2.24) is 0 Å². The Kier molecular flexibility index (Phi) is 5.67. The summed E-state index contributed by atoms with van der Waals surface area (Å²) >= 11 is 0. The Hall–Kier alpha value is -1.26. The van der Waals surface area contributed by atoms with Crippen LogP contribution in [0.25, 0.3) is 0 Å². The van der Waals surface area contributed by atoms with Crippen molar-refractivity contribution in [1.29, 1.82) is 0 Å². The van der Waals surface area contributed by atoms with Crippen LogP contribution in [0.5, 0.6) is 11.5 Å². The molecule has 0 fully saturated rings. The molecule has 90 valence electrons. The molecule has 0 amide bonds. The van der Waals surface area contributed by atoms with Crippen LogP contribution >= 0.6 is 0 Å². The van der Waals surface area contributed by atoms with Gasteiger partial charge in [0.15, 0.2) is 6.29 Å². The van der Waals surface area contributed by atoms with Crippen LogP contribution in [0.3, 0.4) is 0 Å². The Morgan fingerprint density at radius 2 is 1.62 bits per heavy atom. The van der Waals surface area contributed by atoms with E-state index in [1.54, 1.807) is 14.2 Å². The number of hydrogen-bond donors (Lipinski definition) is 0. The smallest absolute Gasteiger partial charge is 0.154 e. The molecule has 0 radical (unpaired) electrons. The highest BCUT2D eigenvalue weighted by atomic mass is 16.7. The molecule has 1 unspecified atom stereocenters. The summed E-state index contributed by atoms with van der Waals surface area (Å²) in [4.78, 5) is 0. The van der Waals surface area contributed by atoms with E-state index in [1.165, 1.54) is 0 Å². The Morgan fingerprint density at radius 3 is 2.19 bits per heavy atom. The summed E-state index contributed by atoms with van der Waals surface area (Å²) in [6.07, 6.45) is -0.195. The minimum Gasteiger partial charge on any atom is -0.497 e. The summed E-state index contributed by atoms with van der Waals surface area (Å²) in [5, 5.41) is 0. The van der Waals surface area contributed by atoms with Crippen LogP contribution in [0, 0.1) is 0 Å². The van der Waals surface area contributed by atoms with Gasteiger partial charge in [-0.2, -0.15) is 0 Å². The fourth-order valence-corrected chi connectivity index (χ4v) is 1.11. The summed E-state index contributed by atoms with van der Waals surface area (Å²) in [6.45, 7) is 2.84. The Balaban J connectivity index is 2.21. The lowest BCUT2D eigenvalue weighted by Crippen LogP contribution is -2.15. The van der Waals surface area contributed by atoms with Crippen molar-refractivity contribution >= 4 is 0 Å². The first-order valence-corrected chi connectivity index (χ1v) is 5.17. The third-order valence-corrected chi connectivity index (χ3v) is 2.10. The van der Waals surface area contributed by atoms with E-state index in [0.717, 1.165) is 11.5 Å². The molecular weight excluding hydrogens is 208 g/mol. The zero-order chi connectivity index (χ0) is 11.8. The van der Waals surface area contributed by atoms with Crippen molar-refractivity contribution in [3.05, 3.63) is 24.3 Å². The van der Waals surface area contributed by atoms with E-state index < -0.39 is 0 Å². The normalized spacial score (nSPS) is 12.2. The molecule has 0 spiro atoms. The summed E-state index contributed by atoms with van der Waals surface area (Å²) in [6, 6.07) is 7.43. The van der Waals surface area contributed by atoms with E-state index in [9.17, 15) is 0 Å².